The number of hydrogen-bond donors (Lipinski definition) is 1. The Hall–Kier alpha value is -3.43. The van der Waals surface area contributed by atoms with E-state index in [9.17, 15) is 22.0 Å². The molecule has 33 heavy (non-hydrogen) atoms. The van der Waals surface area contributed by atoms with Gasteiger partial charge in [0.15, 0.2) is 15.0 Å². The van der Waals surface area contributed by atoms with Gasteiger partial charge in [0.05, 0.1) is 21.9 Å². The summed E-state index contributed by atoms with van der Waals surface area (Å²) >= 11 is 1.14. The molecule has 0 radical (unpaired) electrons. The molecule has 0 spiro atoms. The quantitative estimate of drug-likeness (QED) is 0.401. The number of rotatable bonds is 6. The molecule has 0 saturated carbocycles. The fourth-order valence-corrected chi connectivity index (χ4v) is 5.23. The van der Waals surface area contributed by atoms with Gasteiger partial charge >= 0.3 is 0 Å². The van der Waals surface area contributed by atoms with E-state index in [4.69, 9.17) is 0 Å². The topological polar surface area (TPSA) is 76.1 Å². The van der Waals surface area contributed by atoms with Gasteiger partial charge in [0.25, 0.3) is 0 Å². The summed E-state index contributed by atoms with van der Waals surface area (Å²) in [4.78, 5) is 17.7. The number of aromatic nitrogens is 1. The molecule has 1 amide bonds. The third kappa shape index (κ3) is 5.32. The molecule has 0 aliphatic heterocycles. The number of nitrogens with zero attached hydrogens (tertiary/aromatic N) is 1. The first kappa shape index (κ1) is 22.8. The van der Waals surface area contributed by atoms with Crippen molar-refractivity contribution in [3.63, 3.8) is 0 Å². The Balaban J connectivity index is 1.75. The highest BCUT2D eigenvalue weighted by Crippen LogP contribution is 2.41. The predicted octanol–water partition coefficient (Wildman–Crippen LogP) is 5.34. The van der Waals surface area contributed by atoms with Crippen molar-refractivity contribution in [3.05, 3.63) is 90.0 Å². The normalized spacial score (nSPS) is 11.4. The molecule has 4 aromatic rings. The number of thiazole rings is 1. The Morgan fingerprint density at radius 2 is 1.70 bits per heavy atom. The maximum absolute atomic E-state index is 13.5. The van der Waals surface area contributed by atoms with Crippen molar-refractivity contribution in [3.8, 4) is 21.7 Å². The van der Waals surface area contributed by atoms with Crippen LogP contribution in [0.5, 0.6) is 0 Å². The largest absolute Gasteiger partial charge is 0.302 e. The Bertz CT molecular complexity index is 1430. The maximum Gasteiger partial charge on any atom is 0.230 e. The number of anilines is 1. The summed E-state index contributed by atoms with van der Waals surface area (Å²) in [7, 11) is -3.56. The van der Waals surface area contributed by atoms with Crippen molar-refractivity contribution in [1.29, 1.82) is 0 Å². The molecular weight excluding hydrogens is 466 g/mol. The highest BCUT2D eigenvalue weighted by molar-refractivity contribution is 7.90. The SMILES string of the molecule is CS(=O)(=O)c1ccccc1-c1nc(NC(=O)Cc2cccc(F)c2)sc1-c1ccc(F)cc1. The van der Waals surface area contributed by atoms with Crippen LogP contribution in [0.25, 0.3) is 21.7 Å². The summed E-state index contributed by atoms with van der Waals surface area (Å²) in [5.74, 6) is -1.25. The van der Waals surface area contributed by atoms with Crippen molar-refractivity contribution in [1.82, 2.24) is 4.98 Å². The number of carbonyl (C=O) groups is 1. The number of benzene rings is 3. The van der Waals surface area contributed by atoms with Gasteiger partial charge in [-0.15, -0.1) is 0 Å². The molecule has 5 nitrogen and oxygen atoms in total. The molecule has 0 fully saturated rings. The zero-order valence-corrected chi connectivity index (χ0v) is 19.0. The maximum atomic E-state index is 13.5. The summed E-state index contributed by atoms with van der Waals surface area (Å²) < 4.78 is 51.6. The van der Waals surface area contributed by atoms with Gasteiger partial charge in [-0.3, -0.25) is 4.79 Å². The zero-order chi connectivity index (χ0) is 23.6. The molecule has 0 aliphatic carbocycles. The van der Waals surface area contributed by atoms with E-state index in [0.29, 0.717) is 27.3 Å². The van der Waals surface area contributed by atoms with E-state index >= 15 is 0 Å². The van der Waals surface area contributed by atoms with Gasteiger partial charge < -0.3 is 5.32 Å². The molecule has 1 heterocycles. The first-order chi connectivity index (χ1) is 15.7. The number of carbonyl (C=O) groups excluding carboxylic acids is 1. The number of hydrogen-bond acceptors (Lipinski definition) is 5. The second-order valence-electron chi connectivity index (χ2n) is 7.33. The lowest BCUT2D eigenvalue weighted by atomic mass is 10.1. The molecule has 4 rings (SSSR count). The van der Waals surface area contributed by atoms with Gasteiger partial charge in [-0.25, -0.2) is 22.2 Å². The van der Waals surface area contributed by atoms with E-state index in [1.165, 1.54) is 36.4 Å². The fraction of sp³-hybridized carbons (Fsp3) is 0.0833. The lowest BCUT2D eigenvalue weighted by Gasteiger charge is -2.08. The molecular formula is C24H18F2N2O3S2. The third-order valence-corrected chi connectivity index (χ3v) is 6.95. The first-order valence-electron chi connectivity index (χ1n) is 9.81. The molecule has 0 bridgehead atoms. The Morgan fingerprint density at radius 3 is 2.39 bits per heavy atom. The van der Waals surface area contributed by atoms with Crippen LogP contribution in [0.15, 0.2) is 77.7 Å². The van der Waals surface area contributed by atoms with Crippen LogP contribution in [0.4, 0.5) is 13.9 Å². The smallest absolute Gasteiger partial charge is 0.230 e. The Labute approximate surface area is 193 Å². The molecule has 0 aliphatic rings. The second kappa shape index (κ2) is 9.21. The molecule has 3 aromatic carbocycles. The van der Waals surface area contributed by atoms with E-state index in [1.54, 1.807) is 36.4 Å². The number of halogens is 2. The summed E-state index contributed by atoms with van der Waals surface area (Å²) in [6, 6.07) is 17.9. The molecule has 0 unspecified atom stereocenters. The van der Waals surface area contributed by atoms with Gasteiger partial charge in [-0.1, -0.05) is 53.8 Å². The van der Waals surface area contributed by atoms with Crippen LogP contribution in [-0.2, 0) is 21.1 Å². The standard InChI is InChI=1S/C24H18F2N2O3S2/c1-33(30,31)20-8-3-2-7-19(20)22-23(16-9-11-17(25)12-10-16)32-24(28-22)27-21(29)14-15-5-4-6-18(26)13-15/h2-13H,14H2,1H3,(H,27,28,29). The predicted molar refractivity (Wildman–Crippen MR) is 125 cm³/mol. The van der Waals surface area contributed by atoms with E-state index in [0.717, 1.165) is 17.6 Å². The highest BCUT2D eigenvalue weighted by atomic mass is 32.2. The van der Waals surface area contributed by atoms with Crippen LogP contribution in [0.2, 0.25) is 0 Å². The summed E-state index contributed by atoms with van der Waals surface area (Å²) in [6.45, 7) is 0. The van der Waals surface area contributed by atoms with E-state index < -0.39 is 27.4 Å². The molecule has 9 heteroatoms. The second-order valence-corrected chi connectivity index (χ2v) is 10.3. The van der Waals surface area contributed by atoms with Gasteiger partial charge in [-0.05, 0) is 41.5 Å². The van der Waals surface area contributed by atoms with Crippen molar-refractivity contribution in [2.45, 2.75) is 11.3 Å². The Kier molecular flexibility index (Phi) is 6.35. The summed E-state index contributed by atoms with van der Waals surface area (Å²) in [5.41, 5.74) is 1.86. The minimum absolute atomic E-state index is 0.0571. The Morgan fingerprint density at radius 1 is 0.970 bits per heavy atom. The van der Waals surface area contributed by atoms with E-state index in [-0.39, 0.29) is 16.4 Å². The third-order valence-electron chi connectivity index (χ3n) is 4.78. The average molecular weight is 485 g/mol. The lowest BCUT2D eigenvalue weighted by molar-refractivity contribution is -0.115. The average Bonchev–Trinajstić information content (AvgIpc) is 3.17. The minimum atomic E-state index is -3.56. The minimum Gasteiger partial charge on any atom is -0.302 e. The number of sulfone groups is 1. The zero-order valence-electron chi connectivity index (χ0n) is 17.4. The van der Waals surface area contributed by atoms with Crippen LogP contribution < -0.4 is 5.32 Å². The molecule has 168 valence electrons. The van der Waals surface area contributed by atoms with Crippen LogP contribution in [-0.4, -0.2) is 25.6 Å². The fourth-order valence-electron chi connectivity index (χ4n) is 3.33. The van der Waals surface area contributed by atoms with Gasteiger partial charge in [-0.2, -0.15) is 0 Å². The molecule has 0 atom stereocenters. The highest BCUT2D eigenvalue weighted by Gasteiger charge is 2.22. The molecule has 0 saturated heterocycles. The van der Waals surface area contributed by atoms with E-state index in [2.05, 4.69) is 10.3 Å². The van der Waals surface area contributed by atoms with Gasteiger partial charge in [0.2, 0.25) is 5.91 Å². The molecule has 1 aromatic heterocycles. The van der Waals surface area contributed by atoms with Crippen LogP contribution in [0.1, 0.15) is 5.56 Å². The van der Waals surface area contributed by atoms with Crippen LogP contribution in [0, 0.1) is 11.6 Å². The van der Waals surface area contributed by atoms with Crippen molar-refractivity contribution < 1.29 is 22.0 Å². The molecule has 1 N–H and O–H groups in total. The number of nitrogens with one attached hydrogen (secondary N) is 1. The van der Waals surface area contributed by atoms with Gasteiger partial charge in [0, 0.05) is 11.8 Å². The summed E-state index contributed by atoms with van der Waals surface area (Å²) in [5, 5.41) is 2.95. The monoisotopic (exact) mass is 484 g/mol. The number of amides is 1. The van der Waals surface area contributed by atoms with Crippen LogP contribution in [0.3, 0.4) is 0 Å². The summed E-state index contributed by atoms with van der Waals surface area (Å²) in [6.07, 6.45) is 1.05. The van der Waals surface area contributed by atoms with Crippen molar-refractivity contribution >= 4 is 32.2 Å². The first-order valence-corrected chi connectivity index (χ1v) is 12.5. The van der Waals surface area contributed by atoms with Crippen molar-refractivity contribution in [2.24, 2.45) is 0 Å². The van der Waals surface area contributed by atoms with Crippen LogP contribution >= 0.6 is 11.3 Å². The van der Waals surface area contributed by atoms with E-state index in [1.807, 2.05) is 0 Å². The van der Waals surface area contributed by atoms with Gasteiger partial charge in [0.1, 0.15) is 11.6 Å². The lowest BCUT2D eigenvalue weighted by Crippen LogP contribution is -2.14. The van der Waals surface area contributed by atoms with Crippen molar-refractivity contribution in [2.75, 3.05) is 11.6 Å².